The van der Waals surface area contributed by atoms with E-state index in [1.807, 2.05) is 0 Å². The van der Waals surface area contributed by atoms with Gasteiger partial charge in [-0.2, -0.15) is 0 Å². The molecule has 1 aromatic heterocycles. The molecule has 0 spiro atoms. The third-order valence-corrected chi connectivity index (χ3v) is 3.59. The maximum Gasteiger partial charge on any atom is 0.337 e. The molecule has 0 saturated heterocycles. The first-order valence-electron chi connectivity index (χ1n) is 5.82. The highest BCUT2D eigenvalue weighted by Gasteiger charge is 2.14. The first-order chi connectivity index (χ1) is 9.92. The summed E-state index contributed by atoms with van der Waals surface area (Å²) in [7, 11) is 1.47. The van der Waals surface area contributed by atoms with Crippen molar-refractivity contribution in [3.8, 4) is 5.75 Å². The van der Waals surface area contributed by atoms with E-state index in [9.17, 15) is 14.9 Å². The number of nitrogens with zero attached hydrogens (tertiary/aromatic N) is 2. The summed E-state index contributed by atoms with van der Waals surface area (Å²) >= 11 is 3.26. The van der Waals surface area contributed by atoms with E-state index in [4.69, 9.17) is 9.84 Å². The number of nitro benzene ring substituents is 1. The van der Waals surface area contributed by atoms with Crippen LogP contribution >= 0.6 is 15.9 Å². The van der Waals surface area contributed by atoms with E-state index in [-0.39, 0.29) is 17.8 Å². The van der Waals surface area contributed by atoms with Crippen LogP contribution in [0.3, 0.4) is 0 Å². The number of hydrogen-bond acceptors (Lipinski definition) is 4. The molecular formula is C13H11BrN2O5. The van der Waals surface area contributed by atoms with E-state index < -0.39 is 10.9 Å². The van der Waals surface area contributed by atoms with Gasteiger partial charge in [0.25, 0.3) is 5.69 Å². The van der Waals surface area contributed by atoms with Crippen molar-refractivity contribution < 1.29 is 19.6 Å². The smallest absolute Gasteiger partial charge is 0.337 e. The number of methoxy groups -OCH3 is 1. The SMILES string of the molecule is COc1ccc([N+](=O)[O-])cc1Cn1cc(C(=O)O)cc1Br. The molecule has 1 heterocycles. The second kappa shape index (κ2) is 5.96. The van der Waals surface area contributed by atoms with Gasteiger partial charge < -0.3 is 14.4 Å². The lowest BCUT2D eigenvalue weighted by Gasteiger charge is -2.10. The summed E-state index contributed by atoms with van der Waals surface area (Å²) in [6.45, 7) is 0.249. The number of rotatable bonds is 5. The quantitative estimate of drug-likeness (QED) is 0.657. The Kier molecular flexibility index (Phi) is 4.27. The molecule has 0 aliphatic rings. The molecule has 0 aliphatic carbocycles. The van der Waals surface area contributed by atoms with E-state index in [1.54, 1.807) is 4.57 Å². The molecule has 0 saturated carbocycles. The van der Waals surface area contributed by atoms with Gasteiger partial charge in [0.05, 0.1) is 28.7 Å². The molecule has 21 heavy (non-hydrogen) atoms. The van der Waals surface area contributed by atoms with Crippen LogP contribution in [0.15, 0.2) is 35.1 Å². The van der Waals surface area contributed by atoms with Crippen molar-refractivity contribution in [2.24, 2.45) is 0 Å². The lowest BCUT2D eigenvalue weighted by molar-refractivity contribution is -0.384. The normalized spacial score (nSPS) is 10.4. The van der Waals surface area contributed by atoms with Gasteiger partial charge in [0, 0.05) is 23.9 Å². The van der Waals surface area contributed by atoms with Gasteiger partial charge in [-0.25, -0.2) is 4.79 Å². The summed E-state index contributed by atoms with van der Waals surface area (Å²) < 4.78 is 7.37. The molecule has 110 valence electrons. The fraction of sp³-hybridized carbons (Fsp3) is 0.154. The molecular weight excluding hydrogens is 344 g/mol. The summed E-state index contributed by atoms with van der Waals surface area (Å²) in [6.07, 6.45) is 1.45. The van der Waals surface area contributed by atoms with Gasteiger partial charge in [-0.05, 0) is 28.1 Å². The number of carbonyl (C=O) groups is 1. The minimum absolute atomic E-state index is 0.0486. The molecule has 8 heteroatoms. The average Bonchev–Trinajstić information content (AvgIpc) is 2.80. The van der Waals surface area contributed by atoms with E-state index in [0.717, 1.165) is 0 Å². The minimum atomic E-state index is -1.04. The predicted molar refractivity (Wildman–Crippen MR) is 77.8 cm³/mol. The number of hydrogen-bond donors (Lipinski definition) is 1. The van der Waals surface area contributed by atoms with Crippen LogP contribution in [-0.2, 0) is 6.54 Å². The van der Waals surface area contributed by atoms with Crippen LogP contribution in [0.2, 0.25) is 0 Å². The van der Waals surface area contributed by atoms with Crippen molar-refractivity contribution in [1.29, 1.82) is 0 Å². The summed E-state index contributed by atoms with van der Waals surface area (Å²) in [5.41, 5.74) is 0.666. The van der Waals surface area contributed by atoms with Crippen molar-refractivity contribution in [3.05, 3.63) is 56.3 Å². The first kappa shape index (κ1) is 15.0. The third-order valence-electron chi connectivity index (χ3n) is 2.91. The van der Waals surface area contributed by atoms with Gasteiger partial charge in [-0.15, -0.1) is 0 Å². The highest BCUT2D eigenvalue weighted by Crippen LogP contribution is 2.26. The molecule has 7 nitrogen and oxygen atoms in total. The molecule has 0 radical (unpaired) electrons. The molecule has 0 amide bonds. The Morgan fingerprint density at radius 2 is 2.19 bits per heavy atom. The van der Waals surface area contributed by atoms with E-state index >= 15 is 0 Å². The second-order valence-electron chi connectivity index (χ2n) is 4.24. The molecule has 1 N–H and O–H groups in total. The summed E-state index contributed by atoms with van der Waals surface area (Å²) in [5, 5.41) is 19.8. The second-order valence-corrected chi connectivity index (χ2v) is 5.05. The Morgan fingerprint density at radius 3 is 2.71 bits per heavy atom. The fourth-order valence-electron chi connectivity index (χ4n) is 1.90. The van der Waals surface area contributed by atoms with Gasteiger partial charge in [0.1, 0.15) is 5.75 Å². The van der Waals surface area contributed by atoms with Crippen LogP contribution < -0.4 is 4.74 Å². The van der Waals surface area contributed by atoms with Crippen LogP contribution in [0.4, 0.5) is 5.69 Å². The lowest BCUT2D eigenvalue weighted by atomic mass is 10.1. The number of aromatic carboxylic acids is 1. The number of non-ortho nitro benzene ring substituents is 1. The Hall–Kier alpha value is -2.35. The largest absolute Gasteiger partial charge is 0.496 e. The summed E-state index contributed by atoms with van der Waals surface area (Å²) in [4.78, 5) is 21.3. The molecule has 2 rings (SSSR count). The van der Waals surface area contributed by atoms with E-state index in [0.29, 0.717) is 15.9 Å². The lowest BCUT2D eigenvalue weighted by Crippen LogP contribution is -2.02. The highest BCUT2D eigenvalue weighted by atomic mass is 79.9. The number of carboxylic acid groups (broad SMARTS) is 1. The van der Waals surface area contributed by atoms with Crippen LogP contribution in [0.25, 0.3) is 0 Å². The number of nitro groups is 1. The fourth-order valence-corrected chi connectivity index (χ4v) is 2.38. The summed E-state index contributed by atoms with van der Waals surface area (Å²) in [5.74, 6) is -0.543. The van der Waals surface area contributed by atoms with Crippen LogP contribution in [0, 0.1) is 10.1 Å². The van der Waals surface area contributed by atoms with Crippen molar-refractivity contribution in [1.82, 2.24) is 4.57 Å². The molecule has 0 unspecified atom stereocenters. The maximum absolute atomic E-state index is 10.9. The number of carboxylic acids is 1. The molecule has 2 aromatic rings. The Morgan fingerprint density at radius 1 is 1.48 bits per heavy atom. The van der Waals surface area contributed by atoms with Gasteiger partial charge >= 0.3 is 5.97 Å². The van der Waals surface area contributed by atoms with E-state index in [2.05, 4.69) is 15.9 Å². The van der Waals surface area contributed by atoms with Gasteiger partial charge in [-0.1, -0.05) is 0 Å². The zero-order chi connectivity index (χ0) is 15.6. The zero-order valence-electron chi connectivity index (χ0n) is 10.9. The Labute approximate surface area is 128 Å². The van der Waals surface area contributed by atoms with Crippen molar-refractivity contribution in [2.75, 3.05) is 7.11 Å². The van der Waals surface area contributed by atoms with E-state index in [1.165, 1.54) is 37.6 Å². The van der Waals surface area contributed by atoms with Crippen molar-refractivity contribution in [2.45, 2.75) is 6.54 Å². The topological polar surface area (TPSA) is 94.6 Å². The van der Waals surface area contributed by atoms with Gasteiger partial charge in [-0.3, -0.25) is 10.1 Å². The number of benzene rings is 1. The average molecular weight is 355 g/mol. The highest BCUT2D eigenvalue weighted by molar-refractivity contribution is 9.10. The zero-order valence-corrected chi connectivity index (χ0v) is 12.5. The van der Waals surface area contributed by atoms with Gasteiger partial charge in [0.15, 0.2) is 0 Å². The number of ether oxygens (including phenoxy) is 1. The summed E-state index contributed by atoms with van der Waals surface area (Å²) in [6, 6.07) is 5.75. The monoisotopic (exact) mass is 354 g/mol. The molecule has 0 aliphatic heterocycles. The molecule has 0 bridgehead atoms. The van der Waals surface area contributed by atoms with Crippen molar-refractivity contribution >= 4 is 27.6 Å². The number of halogens is 1. The molecule has 0 atom stereocenters. The van der Waals surface area contributed by atoms with Crippen LogP contribution in [0.5, 0.6) is 5.75 Å². The minimum Gasteiger partial charge on any atom is -0.496 e. The molecule has 0 fully saturated rings. The maximum atomic E-state index is 10.9. The standard InChI is InChI=1S/C13H11BrN2O5/c1-21-11-3-2-10(16(19)20)4-8(11)6-15-7-9(13(17)18)5-12(15)14/h2-5,7H,6H2,1H3,(H,17,18). The first-order valence-corrected chi connectivity index (χ1v) is 6.62. The Bertz CT molecular complexity index is 711. The Balaban J connectivity index is 2.40. The third kappa shape index (κ3) is 3.22. The number of aromatic nitrogens is 1. The molecule has 1 aromatic carbocycles. The predicted octanol–water partition coefficient (Wildman–Crippen LogP) is 2.91. The van der Waals surface area contributed by atoms with Gasteiger partial charge in [0.2, 0.25) is 0 Å². The van der Waals surface area contributed by atoms with Crippen LogP contribution in [-0.4, -0.2) is 27.7 Å². The van der Waals surface area contributed by atoms with Crippen molar-refractivity contribution in [3.63, 3.8) is 0 Å². The van der Waals surface area contributed by atoms with Crippen LogP contribution in [0.1, 0.15) is 15.9 Å².